The number of hydrogen-bond donors (Lipinski definition) is 0. The van der Waals surface area contributed by atoms with E-state index in [4.69, 9.17) is 9.47 Å². The minimum Gasteiger partial charge on any atom is -0.444 e. The lowest BCUT2D eigenvalue weighted by atomic mass is 9.97. The molecule has 3 atom stereocenters. The van der Waals surface area contributed by atoms with Crippen LogP contribution in [0.2, 0.25) is 0 Å². The highest BCUT2D eigenvalue weighted by Gasteiger charge is 2.54. The number of carbonyl (C=O) groups excluding carboxylic acids is 3. The van der Waals surface area contributed by atoms with E-state index >= 15 is 0 Å². The summed E-state index contributed by atoms with van der Waals surface area (Å²) in [6.07, 6.45) is 1.63. The van der Waals surface area contributed by atoms with Crippen LogP contribution in [0.5, 0.6) is 0 Å². The molecule has 1 aliphatic carbocycles. The van der Waals surface area contributed by atoms with Gasteiger partial charge in [-0.1, -0.05) is 49.4 Å². The molecule has 6 rings (SSSR count). The van der Waals surface area contributed by atoms with Gasteiger partial charge >= 0.3 is 6.09 Å². The maximum Gasteiger partial charge on any atom is 0.414 e. The number of Topliss-reactive ketones (excluding diaryl/α,β-unsaturated/α-hetero) is 2. The number of benzene rings is 2. The fraction of sp³-hybridized carbons (Fsp3) is 0.375. The lowest BCUT2D eigenvalue weighted by molar-refractivity contribution is 0.0950. The van der Waals surface area contributed by atoms with Gasteiger partial charge in [0.25, 0.3) is 0 Å². The molecule has 3 aliphatic rings. The average molecular weight is 525 g/mol. The van der Waals surface area contributed by atoms with E-state index in [9.17, 15) is 14.4 Å². The molecule has 0 N–H and O–H groups in total. The molecule has 39 heavy (non-hydrogen) atoms. The molecule has 2 aromatic carbocycles. The molecule has 1 amide bonds. The van der Waals surface area contributed by atoms with E-state index in [0.29, 0.717) is 66.9 Å². The smallest absolute Gasteiger partial charge is 0.414 e. The Hall–Kier alpha value is -3.84. The standard InChI is InChI=1S/C32H32N2O5/c1-2-30(35)28-15-22(31(36)16-25-26-18-38-19-27(25)26)14-23(33-28)13-21-9-6-10-29-24(21)11-12-34(29)32(37)39-17-20-7-4-3-5-8-20/h3-10,14-15,25-27H,2,11-13,16-19H2,1H3/t25?,26-,27+. The molecular weight excluding hydrogens is 492 g/mol. The van der Waals surface area contributed by atoms with Crippen LogP contribution in [-0.2, 0) is 28.9 Å². The van der Waals surface area contributed by atoms with Crippen molar-refractivity contribution >= 4 is 23.3 Å². The van der Waals surface area contributed by atoms with E-state index in [-0.39, 0.29) is 24.3 Å². The summed E-state index contributed by atoms with van der Waals surface area (Å²) in [5.41, 5.74) is 5.47. The Morgan fingerprint density at radius 1 is 1.00 bits per heavy atom. The number of pyridine rings is 1. The maximum atomic E-state index is 13.2. The molecule has 0 spiro atoms. The monoisotopic (exact) mass is 524 g/mol. The van der Waals surface area contributed by atoms with Crippen LogP contribution >= 0.6 is 0 Å². The topological polar surface area (TPSA) is 85.8 Å². The maximum absolute atomic E-state index is 13.2. The zero-order valence-corrected chi connectivity index (χ0v) is 22.1. The largest absolute Gasteiger partial charge is 0.444 e. The van der Waals surface area contributed by atoms with Gasteiger partial charge < -0.3 is 9.47 Å². The second-order valence-electron chi connectivity index (χ2n) is 10.7. The van der Waals surface area contributed by atoms with E-state index in [2.05, 4.69) is 4.98 Å². The van der Waals surface area contributed by atoms with Gasteiger partial charge in [0.1, 0.15) is 12.3 Å². The molecule has 7 nitrogen and oxygen atoms in total. The second-order valence-corrected chi connectivity index (χ2v) is 10.7. The number of carbonyl (C=O) groups is 3. The number of aromatic nitrogens is 1. The highest BCUT2D eigenvalue weighted by molar-refractivity contribution is 6.00. The fourth-order valence-corrected chi connectivity index (χ4v) is 6.01. The third kappa shape index (κ3) is 5.23. The molecule has 200 valence electrons. The highest BCUT2D eigenvalue weighted by atomic mass is 16.6. The third-order valence-corrected chi connectivity index (χ3v) is 8.28. The molecule has 7 heteroatoms. The molecule has 2 fully saturated rings. The van der Waals surface area contributed by atoms with Gasteiger partial charge in [-0.3, -0.25) is 14.5 Å². The lowest BCUT2D eigenvalue weighted by Gasteiger charge is -2.18. The molecule has 1 aromatic heterocycles. The summed E-state index contributed by atoms with van der Waals surface area (Å²) in [6.45, 7) is 4.07. The Morgan fingerprint density at radius 2 is 1.79 bits per heavy atom. The summed E-state index contributed by atoms with van der Waals surface area (Å²) in [4.78, 5) is 45.1. The Morgan fingerprint density at radius 3 is 2.56 bits per heavy atom. The van der Waals surface area contributed by atoms with Gasteiger partial charge in [0.15, 0.2) is 11.6 Å². The summed E-state index contributed by atoms with van der Waals surface area (Å²) in [5, 5.41) is 0. The number of anilines is 1. The summed E-state index contributed by atoms with van der Waals surface area (Å²) in [7, 11) is 0. The van der Waals surface area contributed by atoms with Crippen molar-refractivity contribution in [1.82, 2.24) is 4.98 Å². The Balaban J connectivity index is 1.20. The first-order chi connectivity index (χ1) is 19.0. The van der Waals surface area contributed by atoms with Gasteiger partial charge in [-0.25, -0.2) is 9.78 Å². The number of amides is 1. The minimum absolute atomic E-state index is 0.0637. The van der Waals surface area contributed by atoms with Gasteiger partial charge in [-0.15, -0.1) is 0 Å². The number of hydrogen-bond acceptors (Lipinski definition) is 6. The molecule has 3 aromatic rings. The lowest BCUT2D eigenvalue weighted by Crippen LogP contribution is -2.29. The van der Waals surface area contributed by atoms with Gasteiger partial charge in [-0.05, 0) is 59.1 Å². The van der Waals surface area contributed by atoms with Crippen LogP contribution in [-0.4, -0.2) is 42.4 Å². The molecular formula is C32H32N2O5. The van der Waals surface area contributed by atoms with E-state index in [1.54, 1.807) is 17.9 Å². The molecule has 1 saturated carbocycles. The Bertz CT molecular complexity index is 1410. The zero-order chi connectivity index (χ0) is 26.9. The second kappa shape index (κ2) is 10.7. The third-order valence-electron chi connectivity index (χ3n) is 8.28. The van der Waals surface area contributed by atoms with Crippen LogP contribution in [0.1, 0.15) is 63.0 Å². The van der Waals surface area contributed by atoms with Gasteiger partial charge in [0.2, 0.25) is 0 Å². The van der Waals surface area contributed by atoms with Crippen LogP contribution < -0.4 is 4.90 Å². The van der Waals surface area contributed by atoms with Gasteiger partial charge in [0.05, 0.1) is 18.9 Å². The molecule has 1 saturated heterocycles. The minimum atomic E-state index is -0.369. The summed E-state index contributed by atoms with van der Waals surface area (Å²) >= 11 is 0. The normalized spacial score (nSPS) is 20.8. The molecule has 0 bridgehead atoms. The summed E-state index contributed by atoms with van der Waals surface area (Å²) in [5.74, 6) is 1.38. The van der Waals surface area contributed by atoms with E-state index in [1.807, 2.05) is 54.6 Å². The van der Waals surface area contributed by atoms with Crippen molar-refractivity contribution in [2.24, 2.45) is 17.8 Å². The van der Waals surface area contributed by atoms with E-state index in [1.165, 1.54) is 0 Å². The van der Waals surface area contributed by atoms with Crippen molar-refractivity contribution in [2.45, 2.75) is 39.2 Å². The van der Waals surface area contributed by atoms with Crippen molar-refractivity contribution in [1.29, 1.82) is 0 Å². The first-order valence-corrected chi connectivity index (χ1v) is 13.8. The van der Waals surface area contributed by atoms with Crippen molar-refractivity contribution in [2.75, 3.05) is 24.7 Å². The van der Waals surface area contributed by atoms with Crippen LogP contribution in [0, 0.1) is 17.8 Å². The predicted molar refractivity (Wildman–Crippen MR) is 146 cm³/mol. The number of ketones is 2. The Labute approximate surface area is 228 Å². The number of rotatable bonds is 9. The van der Waals surface area contributed by atoms with Crippen LogP contribution in [0.25, 0.3) is 0 Å². The van der Waals surface area contributed by atoms with Gasteiger partial charge in [-0.2, -0.15) is 0 Å². The molecule has 0 radical (unpaired) electrons. The van der Waals surface area contributed by atoms with E-state index < -0.39 is 0 Å². The van der Waals surface area contributed by atoms with Crippen molar-refractivity contribution in [3.05, 3.63) is 94.3 Å². The predicted octanol–water partition coefficient (Wildman–Crippen LogP) is 5.43. The molecule has 3 heterocycles. The summed E-state index contributed by atoms with van der Waals surface area (Å²) < 4.78 is 11.0. The van der Waals surface area contributed by atoms with Crippen molar-refractivity contribution in [3.63, 3.8) is 0 Å². The van der Waals surface area contributed by atoms with Crippen molar-refractivity contribution < 1.29 is 23.9 Å². The number of fused-ring (bicyclic) bond motifs is 2. The van der Waals surface area contributed by atoms with Crippen LogP contribution in [0.4, 0.5) is 10.5 Å². The SMILES string of the molecule is CCC(=O)c1cc(C(=O)CC2[C@H]3COC[C@@H]23)cc(Cc2cccc3c2CCN3C(=O)OCc2ccccc2)n1. The first kappa shape index (κ1) is 25.4. The first-order valence-electron chi connectivity index (χ1n) is 13.8. The van der Waals surface area contributed by atoms with E-state index in [0.717, 1.165) is 35.6 Å². The molecule has 1 unspecified atom stereocenters. The Kier molecular flexibility index (Phi) is 7.00. The number of nitrogens with zero attached hydrogens (tertiary/aromatic N) is 2. The van der Waals surface area contributed by atoms with Crippen molar-refractivity contribution in [3.8, 4) is 0 Å². The number of ether oxygens (including phenoxy) is 2. The van der Waals surface area contributed by atoms with Crippen LogP contribution in [0.15, 0.2) is 60.7 Å². The quantitative estimate of drug-likeness (QED) is 0.347. The average Bonchev–Trinajstić information content (AvgIpc) is 3.31. The zero-order valence-electron chi connectivity index (χ0n) is 22.1. The summed E-state index contributed by atoms with van der Waals surface area (Å²) in [6, 6.07) is 19.0. The van der Waals surface area contributed by atoms with Gasteiger partial charge in [0, 0.05) is 37.1 Å². The fourth-order valence-electron chi connectivity index (χ4n) is 6.01. The molecule has 2 aliphatic heterocycles. The highest BCUT2D eigenvalue weighted by Crippen LogP contribution is 2.53. The van der Waals surface area contributed by atoms with Crippen LogP contribution in [0.3, 0.4) is 0 Å².